The number of hydrogen-bond acceptors (Lipinski definition) is 1. The molecule has 1 fully saturated rings. The van der Waals surface area contributed by atoms with E-state index in [2.05, 4.69) is 54.9 Å². The van der Waals surface area contributed by atoms with Gasteiger partial charge in [0.2, 0.25) is 0 Å². The van der Waals surface area contributed by atoms with Gasteiger partial charge in [-0.05, 0) is 48.9 Å². The summed E-state index contributed by atoms with van der Waals surface area (Å²) in [5, 5.41) is 1.06. The van der Waals surface area contributed by atoms with Crippen LogP contribution in [0.2, 0.25) is 0 Å². The molecule has 0 saturated heterocycles. The number of benzene rings is 1. The molecule has 1 saturated carbocycles. The van der Waals surface area contributed by atoms with Crippen molar-refractivity contribution < 1.29 is 4.74 Å². The normalized spacial score (nSPS) is 17.9. The van der Waals surface area contributed by atoms with Crippen molar-refractivity contribution in [3.63, 3.8) is 0 Å². The van der Waals surface area contributed by atoms with Gasteiger partial charge in [-0.2, -0.15) is 0 Å². The molecular weight excluding hydrogens is 300 g/mol. The van der Waals surface area contributed by atoms with Gasteiger partial charge in [0.15, 0.2) is 0 Å². The van der Waals surface area contributed by atoms with Gasteiger partial charge in [0, 0.05) is 10.7 Å². The van der Waals surface area contributed by atoms with E-state index in [9.17, 15) is 0 Å². The Kier molecular flexibility index (Phi) is 4.94. The zero-order chi connectivity index (χ0) is 13.9. The minimum atomic E-state index is 0.366. The standard InChI is InChI=1S/C17H25BrO/c1-13(2)16-7-6-15(10-14(16)3)19-12-17(11-18)8-4-5-9-17/h6-7,10,13H,4-5,8-9,11-12H2,1-3H3. The van der Waals surface area contributed by atoms with Crippen molar-refractivity contribution in [2.24, 2.45) is 5.41 Å². The Morgan fingerprint density at radius 2 is 1.95 bits per heavy atom. The predicted octanol–water partition coefficient (Wildman–Crippen LogP) is 5.45. The molecule has 0 heterocycles. The van der Waals surface area contributed by atoms with Gasteiger partial charge in [0.1, 0.15) is 5.75 Å². The quantitative estimate of drug-likeness (QED) is 0.654. The lowest BCUT2D eigenvalue weighted by molar-refractivity contribution is 0.174. The molecule has 106 valence electrons. The van der Waals surface area contributed by atoms with Gasteiger partial charge in [-0.1, -0.05) is 48.7 Å². The van der Waals surface area contributed by atoms with Gasteiger partial charge in [-0.15, -0.1) is 0 Å². The summed E-state index contributed by atoms with van der Waals surface area (Å²) in [5.41, 5.74) is 3.13. The fourth-order valence-electron chi connectivity index (χ4n) is 3.06. The van der Waals surface area contributed by atoms with E-state index in [1.807, 2.05) is 0 Å². The van der Waals surface area contributed by atoms with Crippen LogP contribution in [-0.2, 0) is 0 Å². The minimum absolute atomic E-state index is 0.366. The fraction of sp³-hybridized carbons (Fsp3) is 0.647. The molecule has 19 heavy (non-hydrogen) atoms. The van der Waals surface area contributed by atoms with Crippen LogP contribution in [0.4, 0.5) is 0 Å². The first-order valence-electron chi connectivity index (χ1n) is 7.36. The number of hydrogen-bond donors (Lipinski definition) is 0. The second-order valence-electron chi connectivity index (χ2n) is 6.30. The molecule has 0 spiro atoms. The van der Waals surface area contributed by atoms with Gasteiger partial charge in [0.25, 0.3) is 0 Å². The van der Waals surface area contributed by atoms with Crippen molar-refractivity contribution in [2.75, 3.05) is 11.9 Å². The number of halogens is 1. The van der Waals surface area contributed by atoms with Crippen LogP contribution in [-0.4, -0.2) is 11.9 Å². The van der Waals surface area contributed by atoms with Gasteiger partial charge in [-0.25, -0.2) is 0 Å². The maximum absolute atomic E-state index is 6.07. The van der Waals surface area contributed by atoms with E-state index in [-0.39, 0.29) is 0 Å². The Morgan fingerprint density at radius 1 is 1.26 bits per heavy atom. The molecule has 2 rings (SSSR count). The maximum atomic E-state index is 6.07. The molecular formula is C17H25BrO. The van der Waals surface area contributed by atoms with Crippen molar-refractivity contribution in [1.82, 2.24) is 0 Å². The highest BCUT2D eigenvalue weighted by molar-refractivity contribution is 9.09. The highest BCUT2D eigenvalue weighted by atomic mass is 79.9. The predicted molar refractivity (Wildman–Crippen MR) is 85.5 cm³/mol. The van der Waals surface area contributed by atoms with Crippen molar-refractivity contribution in [2.45, 2.75) is 52.4 Å². The average Bonchev–Trinajstić information content (AvgIpc) is 2.85. The summed E-state index contributed by atoms with van der Waals surface area (Å²) in [5.74, 6) is 1.60. The van der Waals surface area contributed by atoms with Crippen LogP contribution < -0.4 is 4.74 Å². The third-order valence-electron chi connectivity index (χ3n) is 4.36. The number of ether oxygens (including phenoxy) is 1. The monoisotopic (exact) mass is 324 g/mol. The van der Waals surface area contributed by atoms with E-state index in [0.29, 0.717) is 11.3 Å². The Balaban J connectivity index is 2.02. The lowest BCUT2D eigenvalue weighted by atomic mass is 9.90. The van der Waals surface area contributed by atoms with Gasteiger partial charge in [-0.3, -0.25) is 0 Å². The molecule has 0 aromatic heterocycles. The van der Waals surface area contributed by atoms with E-state index in [1.165, 1.54) is 36.8 Å². The van der Waals surface area contributed by atoms with Gasteiger partial charge in [0.05, 0.1) is 6.61 Å². The van der Waals surface area contributed by atoms with Gasteiger partial charge >= 0.3 is 0 Å². The Morgan fingerprint density at radius 3 is 2.47 bits per heavy atom. The highest BCUT2D eigenvalue weighted by Gasteiger charge is 2.33. The molecule has 0 radical (unpaired) electrons. The molecule has 0 atom stereocenters. The third-order valence-corrected chi connectivity index (χ3v) is 5.55. The smallest absolute Gasteiger partial charge is 0.119 e. The van der Waals surface area contributed by atoms with Crippen LogP contribution in [0.5, 0.6) is 5.75 Å². The van der Waals surface area contributed by atoms with Crippen molar-refractivity contribution in [3.05, 3.63) is 29.3 Å². The van der Waals surface area contributed by atoms with Crippen LogP contribution >= 0.6 is 15.9 Å². The summed E-state index contributed by atoms with van der Waals surface area (Å²) in [7, 11) is 0. The van der Waals surface area contributed by atoms with E-state index < -0.39 is 0 Å². The highest BCUT2D eigenvalue weighted by Crippen LogP contribution is 2.40. The van der Waals surface area contributed by atoms with Crippen molar-refractivity contribution in [3.8, 4) is 5.75 Å². The zero-order valence-electron chi connectivity index (χ0n) is 12.3. The summed E-state index contributed by atoms with van der Waals surface area (Å²) >= 11 is 3.67. The first-order valence-corrected chi connectivity index (χ1v) is 8.48. The fourth-order valence-corrected chi connectivity index (χ4v) is 3.79. The molecule has 0 amide bonds. The first kappa shape index (κ1) is 14.9. The topological polar surface area (TPSA) is 9.23 Å². The van der Waals surface area contributed by atoms with Crippen LogP contribution in [0.25, 0.3) is 0 Å². The minimum Gasteiger partial charge on any atom is -0.493 e. The SMILES string of the molecule is Cc1cc(OCC2(CBr)CCCC2)ccc1C(C)C. The second kappa shape index (κ2) is 6.30. The number of aryl methyl sites for hydroxylation is 1. The number of alkyl halides is 1. The Bertz CT molecular complexity index is 419. The van der Waals surface area contributed by atoms with Crippen LogP contribution in [0.1, 0.15) is 56.6 Å². The summed E-state index contributed by atoms with van der Waals surface area (Å²) in [6.07, 6.45) is 5.28. The summed E-state index contributed by atoms with van der Waals surface area (Å²) in [4.78, 5) is 0. The average molecular weight is 325 g/mol. The van der Waals surface area contributed by atoms with E-state index in [1.54, 1.807) is 0 Å². The van der Waals surface area contributed by atoms with E-state index >= 15 is 0 Å². The third kappa shape index (κ3) is 3.53. The Labute approximate surface area is 125 Å². The van der Waals surface area contributed by atoms with Crippen molar-refractivity contribution >= 4 is 15.9 Å². The Hall–Kier alpha value is -0.500. The summed E-state index contributed by atoms with van der Waals surface area (Å²) < 4.78 is 6.07. The van der Waals surface area contributed by atoms with Crippen LogP contribution in [0.15, 0.2) is 18.2 Å². The molecule has 1 aliphatic rings. The number of rotatable bonds is 5. The largest absolute Gasteiger partial charge is 0.493 e. The van der Waals surface area contributed by atoms with E-state index in [4.69, 9.17) is 4.74 Å². The molecule has 2 heteroatoms. The summed E-state index contributed by atoms with van der Waals surface area (Å²) in [6.45, 7) is 7.50. The molecule has 0 unspecified atom stereocenters. The molecule has 1 aromatic carbocycles. The first-order chi connectivity index (χ1) is 9.06. The lowest BCUT2D eigenvalue weighted by Gasteiger charge is -2.26. The second-order valence-corrected chi connectivity index (χ2v) is 6.86. The molecule has 0 bridgehead atoms. The zero-order valence-corrected chi connectivity index (χ0v) is 13.9. The lowest BCUT2D eigenvalue weighted by Crippen LogP contribution is -2.27. The molecule has 0 aliphatic heterocycles. The summed E-state index contributed by atoms with van der Waals surface area (Å²) in [6, 6.07) is 6.52. The van der Waals surface area contributed by atoms with E-state index in [0.717, 1.165) is 17.7 Å². The van der Waals surface area contributed by atoms with Crippen LogP contribution in [0, 0.1) is 12.3 Å². The molecule has 1 aromatic rings. The molecule has 1 nitrogen and oxygen atoms in total. The van der Waals surface area contributed by atoms with Crippen molar-refractivity contribution in [1.29, 1.82) is 0 Å². The maximum Gasteiger partial charge on any atom is 0.119 e. The van der Waals surface area contributed by atoms with Gasteiger partial charge < -0.3 is 4.74 Å². The van der Waals surface area contributed by atoms with Crippen LogP contribution in [0.3, 0.4) is 0 Å². The molecule has 0 N–H and O–H groups in total. The molecule has 1 aliphatic carbocycles.